The van der Waals surface area contributed by atoms with Gasteiger partial charge in [0.05, 0.1) is 5.56 Å². The maximum atomic E-state index is 12.7. The number of carbonyl (C=O) groups is 1. The zero-order valence-electron chi connectivity index (χ0n) is 11.4. The highest BCUT2D eigenvalue weighted by Crippen LogP contribution is 2.31. The molecule has 0 heterocycles. The summed E-state index contributed by atoms with van der Waals surface area (Å²) >= 11 is 0. The number of anilines is 1. The lowest BCUT2D eigenvalue weighted by Gasteiger charge is -2.11. The Labute approximate surface area is 120 Å². The molecule has 2 nitrogen and oxygen atoms in total. The Morgan fingerprint density at radius 3 is 2.48 bits per heavy atom. The Hall–Kier alpha value is -2.30. The van der Waals surface area contributed by atoms with Crippen molar-refractivity contribution in [1.29, 1.82) is 0 Å². The summed E-state index contributed by atoms with van der Waals surface area (Å²) in [4.78, 5) is 12.4. The van der Waals surface area contributed by atoms with Gasteiger partial charge in [0.2, 0.25) is 0 Å². The van der Waals surface area contributed by atoms with Crippen LogP contribution in [0.3, 0.4) is 0 Å². The molecular weight excluding hydrogens is 279 g/mol. The minimum absolute atomic E-state index is 0.0369. The summed E-state index contributed by atoms with van der Waals surface area (Å²) < 4.78 is 38.2. The van der Waals surface area contributed by atoms with Crippen LogP contribution in [0.25, 0.3) is 0 Å². The van der Waals surface area contributed by atoms with Gasteiger partial charge in [-0.25, -0.2) is 0 Å². The van der Waals surface area contributed by atoms with Gasteiger partial charge in [-0.15, -0.1) is 0 Å². The summed E-state index contributed by atoms with van der Waals surface area (Å²) in [5, 5.41) is 0. The molecule has 2 aromatic rings. The molecule has 110 valence electrons. The Morgan fingerprint density at radius 2 is 1.86 bits per heavy atom. The smallest absolute Gasteiger partial charge is 0.398 e. The van der Waals surface area contributed by atoms with Gasteiger partial charge in [0, 0.05) is 16.8 Å². The highest BCUT2D eigenvalue weighted by Gasteiger charge is 2.31. The molecule has 0 amide bonds. The molecule has 21 heavy (non-hydrogen) atoms. The fourth-order valence-corrected chi connectivity index (χ4v) is 2.02. The topological polar surface area (TPSA) is 43.1 Å². The first kappa shape index (κ1) is 15.1. The average Bonchev–Trinajstić information content (AvgIpc) is 2.46. The van der Waals surface area contributed by atoms with E-state index in [0.29, 0.717) is 5.56 Å². The maximum Gasteiger partial charge on any atom is 0.416 e. The van der Waals surface area contributed by atoms with Crippen LogP contribution in [-0.2, 0) is 12.6 Å². The molecular formula is C16H14F3NO. The van der Waals surface area contributed by atoms with Crippen molar-refractivity contribution >= 4 is 11.5 Å². The molecule has 5 heteroatoms. The minimum atomic E-state index is -4.51. The van der Waals surface area contributed by atoms with E-state index in [1.54, 1.807) is 18.2 Å². The van der Waals surface area contributed by atoms with Crippen molar-refractivity contribution in [2.24, 2.45) is 0 Å². The lowest BCUT2D eigenvalue weighted by Crippen LogP contribution is -2.11. The number of carbonyl (C=O) groups excluding carboxylic acids is 1. The van der Waals surface area contributed by atoms with Crippen LogP contribution in [0.2, 0.25) is 0 Å². The molecule has 0 saturated heterocycles. The highest BCUT2D eigenvalue weighted by atomic mass is 19.4. The van der Waals surface area contributed by atoms with Crippen molar-refractivity contribution in [1.82, 2.24) is 0 Å². The molecule has 0 fully saturated rings. The van der Waals surface area contributed by atoms with Gasteiger partial charge in [-0.3, -0.25) is 4.79 Å². The molecule has 0 aliphatic rings. The van der Waals surface area contributed by atoms with Gasteiger partial charge in [0.1, 0.15) is 0 Å². The van der Waals surface area contributed by atoms with Gasteiger partial charge < -0.3 is 5.73 Å². The predicted molar refractivity (Wildman–Crippen MR) is 75.1 cm³/mol. The van der Waals surface area contributed by atoms with Gasteiger partial charge in [0.25, 0.3) is 0 Å². The number of alkyl halides is 3. The third-order valence-electron chi connectivity index (χ3n) is 3.22. The fourth-order valence-electron chi connectivity index (χ4n) is 2.02. The van der Waals surface area contributed by atoms with E-state index in [1.165, 1.54) is 0 Å². The van der Waals surface area contributed by atoms with E-state index in [9.17, 15) is 18.0 Å². The number of nitrogen functional groups attached to an aromatic ring is 1. The van der Waals surface area contributed by atoms with Crippen molar-refractivity contribution in [2.45, 2.75) is 19.5 Å². The molecule has 0 aliphatic heterocycles. The summed E-state index contributed by atoms with van der Waals surface area (Å²) in [6, 6.07) is 9.58. The normalized spacial score (nSPS) is 11.4. The zero-order chi connectivity index (χ0) is 15.6. The average molecular weight is 293 g/mol. The summed E-state index contributed by atoms with van der Waals surface area (Å²) in [7, 11) is 0. The number of benzene rings is 2. The molecule has 0 unspecified atom stereocenters. The Bertz CT molecular complexity index is 677. The van der Waals surface area contributed by atoms with Gasteiger partial charge in [-0.05, 0) is 36.2 Å². The third-order valence-corrected chi connectivity index (χ3v) is 3.22. The van der Waals surface area contributed by atoms with Gasteiger partial charge >= 0.3 is 6.18 Å². The molecule has 0 spiro atoms. The monoisotopic (exact) mass is 293 g/mol. The number of hydrogen-bond acceptors (Lipinski definition) is 2. The van der Waals surface area contributed by atoms with Crippen LogP contribution in [0.5, 0.6) is 0 Å². The standard InChI is InChI=1S/C16H14F3NO/c1-2-10-4-3-5-11(8-10)15(21)13-9-12(16(17,18)19)6-7-14(13)20/h3-9H,2,20H2,1H3. The van der Waals surface area contributed by atoms with Crippen molar-refractivity contribution < 1.29 is 18.0 Å². The lowest BCUT2D eigenvalue weighted by molar-refractivity contribution is -0.137. The van der Waals surface area contributed by atoms with E-state index in [1.807, 2.05) is 13.0 Å². The molecule has 2 N–H and O–H groups in total. The number of aryl methyl sites for hydroxylation is 1. The van der Waals surface area contributed by atoms with Crippen LogP contribution in [0.1, 0.15) is 34.0 Å². The number of nitrogens with two attached hydrogens (primary N) is 1. The second-order valence-corrected chi connectivity index (χ2v) is 4.68. The van der Waals surface area contributed by atoms with E-state index < -0.39 is 17.5 Å². The van der Waals surface area contributed by atoms with Gasteiger partial charge in [-0.1, -0.05) is 25.1 Å². The highest BCUT2D eigenvalue weighted by molar-refractivity contribution is 6.12. The van der Waals surface area contributed by atoms with Crippen molar-refractivity contribution in [3.05, 3.63) is 64.7 Å². The molecule has 2 aromatic carbocycles. The summed E-state index contributed by atoms with van der Waals surface area (Å²) in [6.07, 6.45) is -3.77. The summed E-state index contributed by atoms with van der Waals surface area (Å²) in [5.41, 5.74) is 5.95. The number of rotatable bonds is 3. The second kappa shape index (κ2) is 5.60. The predicted octanol–water partition coefficient (Wildman–Crippen LogP) is 4.08. The van der Waals surface area contributed by atoms with Crippen LogP contribution in [-0.4, -0.2) is 5.78 Å². The Balaban J connectivity index is 2.47. The fraction of sp³-hybridized carbons (Fsp3) is 0.188. The van der Waals surface area contributed by atoms with Crippen molar-refractivity contribution in [2.75, 3.05) is 5.73 Å². The van der Waals surface area contributed by atoms with Crippen LogP contribution < -0.4 is 5.73 Å². The third kappa shape index (κ3) is 3.24. The molecule has 0 bridgehead atoms. The SMILES string of the molecule is CCc1cccc(C(=O)c2cc(C(F)(F)F)ccc2N)c1. The maximum absolute atomic E-state index is 12.7. The van der Waals surface area contributed by atoms with E-state index in [-0.39, 0.29) is 11.3 Å². The number of ketones is 1. The van der Waals surface area contributed by atoms with E-state index in [4.69, 9.17) is 5.73 Å². The van der Waals surface area contributed by atoms with Crippen LogP contribution in [0, 0.1) is 0 Å². The Kier molecular flexibility index (Phi) is 4.02. The van der Waals surface area contributed by atoms with Crippen molar-refractivity contribution in [3.8, 4) is 0 Å². The molecule has 0 aromatic heterocycles. The molecule has 0 atom stereocenters. The molecule has 0 aliphatic carbocycles. The summed E-state index contributed by atoms with van der Waals surface area (Å²) in [5.74, 6) is -0.506. The minimum Gasteiger partial charge on any atom is -0.398 e. The second-order valence-electron chi connectivity index (χ2n) is 4.68. The largest absolute Gasteiger partial charge is 0.416 e. The number of hydrogen-bond donors (Lipinski definition) is 1. The molecule has 2 rings (SSSR count). The summed E-state index contributed by atoms with van der Waals surface area (Å²) in [6.45, 7) is 1.93. The van der Waals surface area contributed by atoms with Gasteiger partial charge in [-0.2, -0.15) is 13.2 Å². The zero-order valence-corrected chi connectivity index (χ0v) is 11.4. The first-order chi connectivity index (χ1) is 9.82. The van der Waals surface area contributed by atoms with Crippen LogP contribution >= 0.6 is 0 Å². The first-order valence-corrected chi connectivity index (χ1v) is 6.43. The van der Waals surface area contributed by atoms with E-state index >= 15 is 0 Å². The van der Waals surface area contributed by atoms with E-state index in [0.717, 1.165) is 30.2 Å². The Morgan fingerprint density at radius 1 is 1.14 bits per heavy atom. The number of halogens is 3. The van der Waals surface area contributed by atoms with E-state index in [2.05, 4.69) is 0 Å². The first-order valence-electron chi connectivity index (χ1n) is 6.43. The van der Waals surface area contributed by atoms with Crippen LogP contribution in [0.15, 0.2) is 42.5 Å². The lowest BCUT2D eigenvalue weighted by atomic mass is 9.97. The van der Waals surface area contributed by atoms with Crippen LogP contribution in [0.4, 0.5) is 18.9 Å². The van der Waals surface area contributed by atoms with Gasteiger partial charge in [0.15, 0.2) is 5.78 Å². The molecule has 0 radical (unpaired) electrons. The molecule has 0 saturated carbocycles. The van der Waals surface area contributed by atoms with Crippen molar-refractivity contribution in [3.63, 3.8) is 0 Å². The quantitative estimate of drug-likeness (QED) is 0.684.